The van der Waals surface area contributed by atoms with E-state index in [1.54, 1.807) is 6.92 Å². The summed E-state index contributed by atoms with van der Waals surface area (Å²) in [5, 5.41) is 3.16. The fraction of sp³-hybridized carbons (Fsp3) is 0.462. The Morgan fingerprint density at radius 3 is 2.60 bits per heavy atom. The molecule has 1 aromatic rings. The number of nitrogens with one attached hydrogen (secondary N) is 1. The SMILES string of the molecule is CC(=O)CNc1cc(C(C)C)ccc1C. The van der Waals surface area contributed by atoms with Crippen molar-refractivity contribution < 1.29 is 4.79 Å². The third-order valence-corrected chi connectivity index (χ3v) is 2.46. The lowest BCUT2D eigenvalue weighted by molar-refractivity contribution is -0.115. The second-order valence-corrected chi connectivity index (χ2v) is 4.28. The summed E-state index contributed by atoms with van der Waals surface area (Å²) in [5.41, 5.74) is 3.55. The number of carbonyl (C=O) groups is 1. The van der Waals surface area contributed by atoms with Gasteiger partial charge in [-0.05, 0) is 37.0 Å². The maximum Gasteiger partial charge on any atom is 0.148 e. The summed E-state index contributed by atoms with van der Waals surface area (Å²) in [4.78, 5) is 10.9. The van der Waals surface area contributed by atoms with Crippen LogP contribution in [-0.4, -0.2) is 12.3 Å². The number of aryl methyl sites for hydroxylation is 1. The van der Waals surface area contributed by atoms with Crippen LogP contribution in [0.15, 0.2) is 18.2 Å². The molecule has 0 heterocycles. The van der Waals surface area contributed by atoms with Gasteiger partial charge in [-0.25, -0.2) is 0 Å². The number of hydrogen-bond donors (Lipinski definition) is 1. The van der Waals surface area contributed by atoms with Gasteiger partial charge in [-0.1, -0.05) is 26.0 Å². The van der Waals surface area contributed by atoms with Gasteiger partial charge in [-0.3, -0.25) is 4.79 Å². The molecule has 2 nitrogen and oxygen atoms in total. The van der Waals surface area contributed by atoms with Gasteiger partial charge in [0.15, 0.2) is 0 Å². The predicted octanol–water partition coefficient (Wildman–Crippen LogP) is 3.12. The lowest BCUT2D eigenvalue weighted by Gasteiger charge is -2.12. The average Bonchev–Trinajstić information content (AvgIpc) is 2.16. The van der Waals surface area contributed by atoms with Crippen LogP contribution in [0.25, 0.3) is 0 Å². The lowest BCUT2D eigenvalue weighted by atomic mass is 10.0. The second kappa shape index (κ2) is 4.96. The van der Waals surface area contributed by atoms with Crippen molar-refractivity contribution in [2.45, 2.75) is 33.6 Å². The highest BCUT2D eigenvalue weighted by molar-refractivity contribution is 5.80. The van der Waals surface area contributed by atoms with Crippen molar-refractivity contribution >= 4 is 11.5 Å². The minimum absolute atomic E-state index is 0.157. The van der Waals surface area contributed by atoms with Crippen LogP contribution < -0.4 is 5.32 Å². The number of anilines is 1. The highest BCUT2D eigenvalue weighted by atomic mass is 16.1. The highest BCUT2D eigenvalue weighted by Gasteiger charge is 2.03. The first-order chi connectivity index (χ1) is 7.00. The molecular weight excluding hydrogens is 186 g/mol. The summed E-state index contributed by atoms with van der Waals surface area (Å²) < 4.78 is 0. The van der Waals surface area contributed by atoms with Gasteiger partial charge in [0.05, 0.1) is 6.54 Å². The molecule has 0 atom stereocenters. The Bertz CT molecular complexity index is 356. The summed E-state index contributed by atoms with van der Waals surface area (Å²) in [6.45, 7) is 8.38. The number of Topliss-reactive ketones (excluding diaryl/α,β-unsaturated/α-hetero) is 1. The van der Waals surface area contributed by atoms with E-state index in [1.165, 1.54) is 11.1 Å². The fourth-order valence-electron chi connectivity index (χ4n) is 1.41. The Kier molecular flexibility index (Phi) is 3.89. The Balaban J connectivity index is 2.85. The molecule has 1 N–H and O–H groups in total. The van der Waals surface area contributed by atoms with Gasteiger partial charge in [-0.15, -0.1) is 0 Å². The molecule has 0 amide bonds. The van der Waals surface area contributed by atoms with Crippen LogP contribution in [0.4, 0.5) is 5.69 Å². The smallest absolute Gasteiger partial charge is 0.148 e. The second-order valence-electron chi connectivity index (χ2n) is 4.28. The fourth-order valence-corrected chi connectivity index (χ4v) is 1.41. The van der Waals surface area contributed by atoms with Crippen molar-refractivity contribution in [2.75, 3.05) is 11.9 Å². The number of carbonyl (C=O) groups excluding carboxylic acids is 1. The van der Waals surface area contributed by atoms with E-state index in [1.807, 2.05) is 6.92 Å². The van der Waals surface area contributed by atoms with Gasteiger partial charge in [0.25, 0.3) is 0 Å². The molecule has 0 unspecified atom stereocenters. The van der Waals surface area contributed by atoms with Gasteiger partial charge in [-0.2, -0.15) is 0 Å². The third kappa shape index (κ3) is 3.39. The van der Waals surface area contributed by atoms with E-state index in [0.29, 0.717) is 12.5 Å². The summed E-state index contributed by atoms with van der Waals surface area (Å²) >= 11 is 0. The van der Waals surface area contributed by atoms with Crippen molar-refractivity contribution in [3.8, 4) is 0 Å². The normalized spacial score (nSPS) is 10.5. The zero-order valence-electron chi connectivity index (χ0n) is 9.92. The van der Waals surface area contributed by atoms with Crippen LogP contribution in [0.5, 0.6) is 0 Å². The first-order valence-corrected chi connectivity index (χ1v) is 5.34. The Morgan fingerprint density at radius 1 is 1.40 bits per heavy atom. The van der Waals surface area contributed by atoms with Crippen molar-refractivity contribution in [2.24, 2.45) is 0 Å². The summed E-state index contributed by atoms with van der Waals surface area (Å²) in [6, 6.07) is 6.36. The van der Waals surface area contributed by atoms with Gasteiger partial charge in [0, 0.05) is 5.69 Å². The topological polar surface area (TPSA) is 29.1 Å². The average molecular weight is 205 g/mol. The molecule has 82 valence electrons. The molecule has 15 heavy (non-hydrogen) atoms. The monoisotopic (exact) mass is 205 g/mol. The van der Waals surface area contributed by atoms with Crippen LogP contribution in [0, 0.1) is 6.92 Å². The predicted molar refractivity (Wildman–Crippen MR) is 64.4 cm³/mol. The number of rotatable bonds is 4. The Morgan fingerprint density at radius 2 is 2.07 bits per heavy atom. The number of benzene rings is 1. The standard InChI is InChI=1S/C13H19NO/c1-9(2)12-6-5-10(3)13(7-12)14-8-11(4)15/h5-7,9,14H,8H2,1-4H3. The lowest BCUT2D eigenvalue weighted by Crippen LogP contribution is -2.11. The summed E-state index contributed by atoms with van der Waals surface area (Å²) in [7, 11) is 0. The quantitative estimate of drug-likeness (QED) is 0.818. The molecule has 0 aromatic heterocycles. The minimum atomic E-state index is 0.157. The molecule has 0 aliphatic carbocycles. The van der Waals surface area contributed by atoms with Crippen LogP contribution in [0.1, 0.15) is 37.8 Å². The van der Waals surface area contributed by atoms with Crippen molar-refractivity contribution in [3.05, 3.63) is 29.3 Å². The zero-order valence-corrected chi connectivity index (χ0v) is 9.92. The molecule has 0 radical (unpaired) electrons. The highest BCUT2D eigenvalue weighted by Crippen LogP contribution is 2.22. The molecule has 0 aliphatic rings. The van der Waals surface area contributed by atoms with E-state index in [2.05, 4.69) is 37.4 Å². The third-order valence-electron chi connectivity index (χ3n) is 2.46. The molecule has 0 fully saturated rings. The van der Waals surface area contributed by atoms with Crippen LogP contribution in [0.2, 0.25) is 0 Å². The maximum absolute atomic E-state index is 10.9. The largest absolute Gasteiger partial charge is 0.378 e. The summed E-state index contributed by atoms with van der Waals surface area (Å²) in [5.74, 6) is 0.674. The van der Waals surface area contributed by atoms with Crippen LogP contribution in [0.3, 0.4) is 0 Å². The maximum atomic E-state index is 10.9. The molecule has 0 saturated carbocycles. The molecule has 1 rings (SSSR count). The van der Waals surface area contributed by atoms with Gasteiger partial charge >= 0.3 is 0 Å². The van der Waals surface area contributed by atoms with E-state index in [-0.39, 0.29) is 5.78 Å². The van der Waals surface area contributed by atoms with Gasteiger partial charge < -0.3 is 5.32 Å². The van der Waals surface area contributed by atoms with Crippen molar-refractivity contribution in [1.29, 1.82) is 0 Å². The minimum Gasteiger partial charge on any atom is -0.378 e. The Labute approximate surface area is 91.7 Å². The molecule has 1 aromatic carbocycles. The van der Waals surface area contributed by atoms with E-state index in [4.69, 9.17) is 0 Å². The zero-order chi connectivity index (χ0) is 11.4. The molecule has 2 heteroatoms. The number of ketones is 1. The Hall–Kier alpha value is -1.31. The first-order valence-electron chi connectivity index (χ1n) is 5.34. The van der Waals surface area contributed by atoms with Crippen molar-refractivity contribution in [3.63, 3.8) is 0 Å². The van der Waals surface area contributed by atoms with E-state index in [9.17, 15) is 4.79 Å². The molecule has 0 aliphatic heterocycles. The molecule has 0 bridgehead atoms. The first kappa shape index (κ1) is 11.8. The summed E-state index contributed by atoms with van der Waals surface area (Å²) in [6.07, 6.45) is 0. The van der Waals surface area contributed by atoms with E-state index in [0.717, 1.165) is 5.69 Å². The van der Waals surface area contributed by atoms with E-state index >= 15 is 0 Å². The van der Waals surface area contributed by atoms with Crippen molar-refractivity contribution in [1.82, 2.24) is 0 Å². The van der Waals surface area contributed by atoms with Gasteiger partial charge in [0.1, 0.15) is 5.78 Å². The van der Waals surface area contributed by atoms with Crippen LogP contribution in [-0.2, 0) is 4.79 Å². The number of hydrogen-bond acceptors (Lipinski definition) is 2. The van der Waals surface area contributed by atoms with Crippen LogP contribution >= 0.6 is 0 Å². The molecule has 0 spiro atoms. The molecular formula is C13H19NO. The van der Waals surface area contributed by atoms with Gasteiger partial charge in [0.2, 0.25) is 0 Å². The molecule has 0 saturated heterocycles. The van der Waals surface area contributed by atoms with E-state index < -0.39 is 0 Å².